The number of benzene rings is 4. The standard InChI is InChI=1S/C26H25N4O2P/c31-26(27-22-15-7-2-8-16-22)28-25(21-13-5-1-6-14-21)33(32,29-23-17-9-3-10-18-23)30-24-19-11-4-12-20-24/h1-20,25H,(H2,27,28,31)(H2,29,30,32)/t25-/m1/s1. The third-order valence-corrected chi connectivity index (χ3v) is 7.25. The van der Waals surface area contributed by atoms with Gasteiger partial charge in [-0.1, -0.05) is 84.9 Å². The third kappa shape index (κ3) is 6.03. The minimum atomic E-state index is -3.53. The molecule has 0 fully saturated rings. The van der Waals surface area contributed by atoms with Crippen LogP contribution in [0.4, 0.5) is 21.9 Å². The molecule has 4 aromatic carbocycles. The lowest BCUT2D eigenvalue weighted by atomic mass is 10.2. The highest BCUT2D eigenvalue weighted by Gasteiger charge is 2.36. The van der Waals surface area contributed by atoms with Crippen LogP contribution in [0.2, 0.25) is 0 Å². The van der Waals surface area contributed by atoms with Crippen LogP contribution in [0.15, 0.2) is 121 Å². The van der Waals surface area contributed by atoms with Gasteiger partial charge in [-0.05, 0) is 42.0 Å². The largest absolute Gasteiger partial charge is 0.321 e. The number of carbonyl (C=O) groups excluding carboxylic acids is 1. The zero-order chi connectivity index (χ0) is 22.9. The Morgan fingerprint density at radius 1 is 0.576 bits per heavy atom. The highest BCUT2D eigenvalue weighted by Crippen LogP contribution is 2.56. The zero-order valence-corrected chi connectivity index (χ0v) is 18.8. The number of urea groups is 1. The van der Waals surface area contributed by atoms with Gasteiger partial charge in [-0.15, -0.1) is 0 Å². The van der Waals surface area contributed by atoms with Crippen molar-refractivity contribution in [2.45, 2.75) is 5.78 Å². The second-order valence-electron chi connectivity index (χ2n) is 7.39. The Hall–Kier alpha value is -4.02. The fourth-order valence-corrected chi connectivity index (χ4v) is 5.67. The van der Waals surface area contributed by atoms with E-state index in [2.05, 4.69) is 20.8 Å². The van der Waals surface area contributed by atoms with E-state index in [1.807, 2.05) is 109 Å². The van der Waals surface area contributed by atoms with Gasteiger partial charge in [0, 0.05) is 17.1 Å². The Labute approximate surface area is 193 Å². The lowest BCUT2D eigenvalue weighted by Crippen LogP contribution is -2.35. The Kier molecular flexibility index (Phi) is 7.08. The number of amides is 2. The van der Waals surface area contributed by atoms with E-state index in [4.69, 9.17) is 0 Å². The van der Waals surface area contributed by atoms with Gasteiger partial charge >= 0.3 is 6.03 Å². The molecule has 1 atom stereocenters. The molecule has 0 aliphatic rings. The van der Waals surface area contributed by atoms with Crippen molar-refractivity contribution >= 4 is 30.5 Å². The summed E-state index contributed by atoms with van der Waals surface area (Å²) in [5.41, 5.74) is 2.70. The van der Waals surface area contributed by atoms with Crippen molar-refractivity contribution in [3.05, 3.63) is 127 Å². The van der Waals surface area contributed by atoms with E-state index in [9.17, 15) is 9.36 Å². The maximum atomic E-state index is 14.6. The molecule has 166 valence electrons. The van der Waals surface area contributed by atoms with Gasteiger partial charge in [0.15, 0.2) is 0 Å². The molecule has 6 nitrogen and oxygen atoms in total. The van der Waals surface area contributed by atoms with Crippen LogP contribution >= 0.6 is 7.44 Å². The molecule has 4 rings (SSSR count). The minimum Gasteiger partial charge on any atom is -0.321 e. The van der Waals surface area contributed by atoms with E-state index >= 15 is 0 Å². The van der Waals surface area contributed by atoms with Crippen LogP contribution in [0.3, 0.4) is 0 Å². The molecular formula is C26H25N4O2P. The maximum absolute atomic E-state index is 14.6. The Bertz CT molecular complexity index is 1160. The van der Waals surface area contributed by atoms with Gasteiger partial charge in [-0.25, -0.2) is 4.79 Å². The summed E-state index contributed by atoms with van der Waals surface area (Å²) in [6.07, 6.45) is 0. The molecule has 4 N–H and O–H groups in total. The third-order valence-electron chi connectivity index (χ3n) is 4.92. The van der Waals surface area contributed by atoms with Gasteiger partial charge in [-0.3, -0.25) is 4.57 Å². The predicted molar refractivity (Wildman–Crippen MR) is 136 cm³/mol. The number of nitrogens with one attached hydrogen (secondary N) is 4. The Balaban J connectivity index is 1.70. The first-order chi connectivity index (χ1) is 16.1. The summed E-state index contributed by atoms with van der Waals surface area (Å²) in [7, 11) is -3.53. The summed E-state index contributed by atoms with van der Waals surface area (Å²) in [5, 5.41) is 12.1. The molecule has 0 saturated heterocycles. The van der Waals surface area contributed by atoms with Gasteiger partial charge in [0.1, 0.15) is 5.78 Å². The molecule has 33 heavy (non-hydrogen) atoms. The summed E-state index contributed by atoms with van der Waals surface area (Å²) in [6, 6.07) is 36.5. The molecule has 2 amide bonds. The van der Waals surface area contributed by atoms with Crippen LogP contribution in [0.25, 0.3) is 0 Å². The fraction of sp³-hybridized carbons (Fsp3) is 0.0385. The van der Waals surface area contributed by atoms with Gasteiger partial charge in [0.25, 0.3) is 7.44 Å². The maximum Gasteiger partial charge on any atom is 0.320 e. The van der Waals surface area contributed by atoms with Crippen molar-refractivity contribution in [2.24, 2.45) is 0 Å². The molecule has 0 heterocycles. The van der Waals surface area contributed by atoms with Crippen LogP contribution in [0.1, 0.15) is 11.3 Å². The molecule has 0 saturated carbocycles. The molecular weight excluding hydrogens is 431 g/mol. The molecule has 0 unspecified atom stereocenters. The summed E-state index contributed by atoms with van der Waals surface area (Å²) in [4.78, 5) is 12.9. The minimum absolute atomic E-state index is 0.458. The molecule has 0 spiro atoms. The smallest absolute Gasteiger partial charge is 0.320 e. The van der Waals surface area contributed by atoms with Crippen molar-refractivity contribution in [3.8, 4) is 0 Å². The highest BCUT2D eigenvalue weighted by molar-refractivity contribution is 7.67. The van der Waals surface area contributed by atoms with Crippen molar-refractivity contribution in [1.82, 2.24) is 5.32 Å². The van der Waals surface area contributed by atoms with Crippen LogP contribution in [-0.4, -0.2) is 6.03 Å². The monoisotopic (exact) mass is 456 g/mol. The average molecular weight is 456 g/mol. The summed E-state index contributed by atoms with van der Waals surface area (Å²) in [5.74, 6) is -0.858. The first-order valence-corrected chi connectivity index (χ1v) is 12.3. The first-order valence-electron chi connectivity index (χ1n) is 10.6. The number of hydrogen-bond acceptors (Lipinski definition) is 2. The summed E-state index contributed by atoms with van der Waals surface area (Å²) in [6.45, 7) is 0. The molecule has 4 aromatic rings. The van der Waals surface area contributed by atoms with Crippen molar-refractivity contribution in [3.63, 3.8) is 0 Å². The molecule has 0 radical (unpaired) electrons. The van der Waals surface area contributed by atoms with Crippen LogP contribution in [0, 0.1) is 0 Å². The van der Waals surface area contributed by atoms with Gasteiger partial charge < -0.3 is 20.8 Å². The Morgan fingerprint density at radius 3 is 1.42 bits per heavy atom. The average Bonchev–Trinajstić information content (AvgIpc) is 2.85. The van der Waals surface area contributed by atoms with E-state index in [1.165, 1.54) is 0 Å². The van der Waals surface area contributed by atoms with Crippen molar-refractivity contribution in [2.75, 3.05) is 15.5 Å². The number of para-hydroxylation sites is 3. The molecule has 0 aliphatic heterocycles. The lowest BCUT2D eigenvalue weighted by Gasteiger charge is -2.31. The normalized spacial score (nSPS) is 11.8. The zero-order valence-electron chi connectivity index (χ0n) is 17.9. The molecule has 0 aromatic heterocycles. The van der Waals surface area contributed by atoms with Crippen molar-refractivity contribution in [1.29, 1.82) is 0 Å². The SMILES string of the molecule is O=C(Nc1ccccc1)N[C@@H](c1ccccc1)P(=O)(Nc1ccccc1)Nc1ccccc1. The summed E-state index contributed by atoms with van der Waals surface area (Å²) < 4.78 is 14.6. The Morgan fingerprint density at radius 2 is 0.970 bits per heavy atom. The summed E-state index contributed by atoms with van der Waals surface area (Å²) >= 11 is 0. The highest BCUT2D eigenvalue weighted by atomic mass is 31.2. The fourth-order valence-electron chi connectivity index (χ4n) is 3.40. The first kappa shape index (κ1) is 22.2. The van der Waals surface area contributed by atoms with Crippen LogP contribution in [0.5, 0.6) is 0 Å². The molecule has 0 bridgehead atoms. The van der Waals surface area contributed by atoms with Crippen LogP contribution < -0.4 is 20.8 Å². The van der Waals surface area contributed by atoms with E-state index in [-0.39, 0.29) is 0 Å². The number of anilines is 3. The topological polar surface area (TPSA) is 82.3 Å². The quantitative estimate of drug-likeness (QED) is 0.217. The van der Waals surface area contributed by atoms with Crippen molar-refractivity contribution < 1.29 is 9.36 Å². The molecule has 0 aliphatic carbocycles. The predicted octanol–water partition coefficient (Wildman–Crippen LogP) is 6.92. The second-order valence-corrected chi connectivity index (χ2v) is 9.67. The van der Waals surface area contributed by atoms with E-state index < -0.39 is 19.3 Å². The number of hydrogen-bond donors (Lipinski definition) is 4. The van der Waals surface area contributed by atoms with Gasteiger partial charge in [0.05, 0.1) is 0 Å². The number of carbonyl (C=O) groups is 1. The lowest BCUT2D eigenvalue weighted by molar-refractivity contribution is 0.251. The van der Waals surface area contributed by atoms with E-state index in [0.717, 1.165) is 0 Å². The van der Waals surface area contributed by atoms with E-state index in [0.29, 0.717) is 22.6 Å². The molecule has 7 heteroatoms. The number of rotatable bonds is 8. The van der Waals surface area contributed by atoms with Crippen LogP contribution in [-0.2, 0) is 4.57 Å². The van der Waals surface area contributed by atoms with Gasteiger partial charge in [0.2, 0.25) is 0 Å². The van der Waals surface area contributed by atoms with E-state index in [1.54, 1.807) is 12.1 Å². The van der Waals surface area contributed by atoms with Gasteiger partial charge in [-0.2, -0.15) is 0 Å². The second kappa shape index (κ2) is 10.5.